The van der Waals surface area contributed by atoms with E-state index in [1.807, 2.05) is 45.0 Å². The van der Waals surface area contributed by atoms with Crippen LogP contribution in [-0.4, -0.2) is 6.03 Å². The molecule has 2 rings (SSSR count). The van der Waals surface area contributed by atoms with Crippen molar-refractivity contribution in [2.75, 3.05) is 10.6 Å². The summed E-state index contributed by atoms with van der Waals surface area (Å²) in [6.07, 6.45) is 5.11. The van der Waals surface area contributed by atoms with Gasteiger partial charge in [-0.2, -0.15) is 5.26 Å². The number of rotatable bonds is 4. The van der Waals surface area contributed by atoms with E-state index >= 15 is 0 Å². The van der Waals surface area contributed by atoms with Crippen LogP contribution in [0, 0.1) is 18.3 Å². The third-order valence-corrected chi connectivity index (χ3v) is 3.34. The number of hydrogen-bond donors (Lipinski definition) is 2. The molecule has 0 saturated carbocycles. The summed E-state index contributed by atoms with van der Waals surface area (Å²) in [6.45, 7) is 8.12. The second-order valence-corrected chi connectivity index (χ2v) is 5.15. The Kier molecular flexibility index (Phi) is 8.53. The third-order valence-electron chi connectivity index (χ3n) is 3.34. The molecule has 4 heteroatoms. The first-order valence-corrected chi connectivity index (χ1v) is 8.47. The highest BCUT2D eigenvalue weighted by Gasteiger charge is 2.04. The van der Waals surface area contributed by atoms with E-state index in [9.17, 15) is 4.79 Å². The lowest BCUT2D eigenvalue weighted by Gasteiger charge is -2.09. The summed E-state index contributed by atoms with van der Waals surface area (Å²) < 4.78 is 0. The van der Waals surface area contributed by atoms with Crippen LogP contribution >= 0.6 is 0 Å². The van der Waals surface area contributed by atoms with E-state index in [0.717, 1.165) is 23.2 Å². The first kappa shape index (κ1) is 20.0. The maximum absolute atomic E-state index is 12.0. The Morgan fingerprint density at radius 1 is 1.08 bits per heavy atom. The van der Waals surface area contributed by atoms with Crippen molar-refractivity contribution in [3.8, 4) is 6.07 Å². The van der Waals surface area contributed by atoms with E-state index in [2.05, 4.69) is 29.7 Å². The minimum Gasteiger partial charge on any atom is -0.308 e. The number of nitrogens with one attached hydrogen (secondary N) is 2. The Labute approximate surface area is 150 Å². The molecule has 2 aromatic rings. The molecule has 2 aromatic carbocycles. The smallest absolute Gasteiger partial charge is 0.308 e. The maximum atomic E-state index is 12.0. The standard InChI is InChI=1S/C19H19N3O.C2H6/c1-3-4-5-16-12-18(9-6-14(16)2)22-19(23)21-17-10-7-15(13-20)8-11-17;1-2/h4-12H,3H2,1-2H3,(H2,21,22,23);1-2H3/b5-4-;. The monoisotopic (exact) mass is 335 g/mol. The number of amides is 2. The molecule has 2 N–H and O–H groups in total. The maximum Gasteiger partial charge on any atom is 0.323 e. The van der Waals surface area contributed by atoms with Gasteiger partial charge in [-0.05, 0) is 60.9 Å². The molecule has 0 unspecified atom stereocenters. The van der Waals surface area contributed by atoms with Crippen LogP contribution in [0.15, 0.2) is 48.5 Å². The highest BCUT2D eigenvalue weighted by molar-refractivity contribution is 5.99. The highest BCUT2D eigenvalue weighted by Crippen LogP contribution is 2.17. The zero-order chi connectivity index (χ0) is 18.7. The van der Waals surface area contributed by atoms with E-state index in [1.54, 1.807) is 24.3 Å². The van der Waals surface area contributed by atoms with Crippen LogP contribution in [-0.2, 0) is 0 Å². The zero-order valence-corrected chi connectivity index (χ0v) is 15.3. The fourth-order valence-electron chi connectivity index (χ4n) is 2.06. The zero-order valence-electron chi connectivity index (χ0n) is 15.3. The van der Waals surface area contributed by atoms with E-state index in [4.69, 9.17) is 5.26 Å². The summed E-state index contributed by atoms with van der Waals surface area (Å²) >= 11 is 0. The van der Waals surface area contributed by atoms with Gasteiger partial charge in [-0.15, -0.1) is 0 Å². The molecule has 0 aromatic heterocycles. The number of carbonyl (C=O) groups excluding carboxylic acids is 1. The van der Waals surface area contributed by atoms with E-state index in [1.165, 1.54) is 0 Å². The average molecular weight is 335 g/mol. The minimum absolute atomic E-state index is 0.316. The lowest BCUT2D eigenvalue weighted by Crippen LogP contribution is -2.19. The number of carbonyl (C=O) groups is 1. The molecule has 0 aliphatic carbocycles. The molecule has 0 bridgehead atoms. The normalized spacial score (nSPS) is 9.72. The van der Waals surface area contributed by atoms with Gasteiger partial charge >= 0.3 is 6.03 Å². The second-order valence-electron chi connectivity index (χ2n) is 5.15. The average Bonchev–Trinajstić information content (AvgIpc) is 2.64. The second kappa shape index (κ2) is 10.7. The minimum atomic E-state index is -0.316. The molecule has 0 aliphatic rings. The molecule has 0 aliphatic heterocycles. The Morgan fingerprint density at radius 2 is 1.68 bits per heavy atom. The van der Waals surface area contributed by atoms with Crippen LogP contribution in [0.3, 0.4) is 0 Å². The number of nitriles is 1. The van der Waals surface area contributed by atoms with Crippen molar-refractivity contribution >= 4 is 23.5 Å². The van der Waals surface area contributed by atoms with Crippen LogP contribution in [0.2, 0.25) is 0 Å². The van der Waals surface area contributed by atoms with Crippen molar-refractivity contribution in [1.29, 1.82) is 5.26 Å². The van der Waals surface area contributed by atoms with E-state index < -0.39 is 0 Å². The van der Waals surface area contributed by atoms with Gasteiger partial charge in [-0.3, -0.25) is 0 Å². The fourth-order valence-corrected chi connectivity index (χ4v) is 2.06. The van der Waals surface area contributed by atoms with Crippen LogP contribution in [0.1, 0.15) is 43.9 Å². The number of anilines is 2. The number of urea groups is 1. The van der Waals surface area contributed by atoms with Crippen molar-refractivity contribution in [2.45, 2.75) is 34.1 Å². The molecule has 0 radical (unpaired) electrons. The molecular weight excluding hydrogens is 310 g/mol. The Bertz CT molecular complexity index is 756. The first-order valence-electron chi connectivity index (χ1n) is 8.47. The molecule has 0 saturated heterocycles. The Balaban J connectivity index is 0.00000151. The van der Waals surface area contributed by atoms with E-state index in [0.29, 0.717) is 11.3 Å². The van der Waals surface area contributed by atoms with Crippen LogP contribution in [0.4, 0.5) is 16.2 Å². The summed E-state index contributed by atoms with van der Waals surface area (Å²) in [7, 11) is 0. The molecule has 0 spiro atoms. The number of hydrogen-bond acceptors (Lipinski definition) is 2. The van der Waals surface area contributed by atoms with Gasteiger partial charge in [0.1, 0.15) is 0 Å². The number of benzene rings is 2. The lowest BCUT2D eigenvalue weighted by atomic mass is 10.1. The summed E-state index contributed by atoms with van der Waals surface area (Å²) in [5.41, 5.74) is 4.18. The number of allylic oxidation sites excluding steroid dienone is 1. The van der Waals surface area contributed by atoms with Gasteiger partial charge in [0, 0.05) is 11.4 Å². The largest absolute Gasteiger partial charge is 0.323 e. The molecule has 0 atom stereocenters. The van der Waals surface area contributed by atoms with Crippen LogP contribution < -0.4 is 10.6 Å². The van der Waals surface area contributed by atoms with E-state index in [-0.39, 0.29) is 6.03 Å². The summed E-state index contributed by atoms with van der Waals surface area (Å²) in [6, 6.07) is 14.2. The molecule has 25 heavy (non-hydrogen) atoms. The third kappa shape index (κ3) is 6.52. The predicted molar refractivity (Wildman–Crippen MR) is 106 cm³/mol. The molecule has 0 fully saturated rings. The SMILES string of the molecule is CC.CC/C=C\c1cc(NC(=O)Nc2ccc(C#N)cc2)ccc1C. The predicted octanol–water partition coefficient (Wildman–Crippen LogP) is 5.96. The topological polar surface area (TPSA) is 64.9 Å². The van der Waals surface area contributed by atoms with Gasteiger partial charge in [-0.25, -0.2) is 4.79 Å². The molecular formula is C21H25N3O. The van der Waals surface area contributed by atoms with Crippen molar-refractivity contribution in [1.82, 2.24) is 0 Å². The van der Waals surface area contributed by atoms with Gasteiger partial charge in [0.15, 0.2) is 0 Å². The van der Waals surface area contributed by atoms with Crippen LogP contribution in [0.5, 0.6) is 0 Å². The summed E-state index contributed by atoms with van der Waals surface area (Å²) in [4.78, 5) is 12.0. The quantitative estimate of drug-likeness (QED) is 0.724. The van der Waals surface area contributed by atoms with Crippen molar-refractivity contribution in [2.24, 2.45) is 0 Å². The molecule has 130 valence electrons. The van der Waals surface area contributed by atoms with Crippen LogP contribution in [0.25, 0.3) is 6.08 Å². The van der Waals surface area contributed by atoms with Gasteiger partial charge in [0.05, 0.1) is 11.6 Å². The molecule has 2 amide bonds. The number of aryl methyl sites for hydroxylation is 1. The van der Waals surface area contributed by atoms with Gasteiger partial charge in [0.2, 0.25) is 0 Å². The first-order chi connectivity index (χ1) is 12.1. The summed E-state index contributed by atoms with van der Waals surface area (Å²) in [5, 5.41) is 14.3. The Hall–Kier alpha value is -3.06. The fraction of sp³-hybridized carbons (Fsp3) is 0.238. The molecule has 4 nitrogen and oxygen atoms in total. The van der Waals surface area contributed by atoms with Gasteiger partial charge in [-0.1, -0.05) is 39.0 Å². The molecule has 0 heterocycles. The Morgan fingerprint density at radius 3 is 2.28 bits per heavy atom. The van der Waals surface area contributed by atoms with Crippen molar-refractivity contribution in [3.05, 3.63) is 65.2 Å². The summed E-state index contributed by atoms with van der Waals surface area (Å²) in [5.74, 6) is 0. The lowest BCUT2D eigenvalue weighted by molar-refractivity contribution is 0.262. The van der Waals surface area contributed by atoms with Crippen molar-refractivity contribution in [3.63, 3.8) is 0 Å². The van der Waals surface area contributed by atoms with Crippen molar-refractivity contribution < 1.29 is 4.79 Å². The van der Waals surface area contributed by atoms with Gasteiger partial charge < -0.3 is 10.6 Å². The highest BCUT2D eigenvalue weighted by atomic mass is 16.2. The van der Waals surface area contributed by atoms with Gasteiger partial charge in [0.25, 0.3) is 0 Å². The number of nitrogens with zero attached hydrogens (tertiary/aromatic N) is 1.